The first kappa shape index (κ1) is 21.1. The Bertz CT molecular complexity index is 637. The summed E-state index contributed by atoms with van der Waals surface area (Å²) in [6, 6.07) is 0. The molecule has 28 heavy (non-hydrogen) atoms. The number of aliphatic hydroxyl groups is 1. The highest BCUT2D eigenvalue weighted by Crippen LogP contribution is 2.44. The van der Waals surface area contributed by atoms with Crippen LogP contribution >= 0.6 is 0 Å². The number of ether oxygens (including phenoxy) is 2. The molecule has 3 aliphatic rings. The van der Waals surface area contributed by atoms with Gasteiger partial charge < -0.3 is 14.6 Å². The summed E-state index contributed by atoms with van der Waals surface area (Å²) in [5.74, 6) is 0.426. The summed E-state index contributed by atoms with van der Waals surface area (Å²) in [7, 11) is 0. The zero-order valence-corrected chi connectivity index (χ0v) is 17.3. The molecule has 1 N–H and O–H groups in total. The summed E-state index contributed by atoms with van der Waals surface area (Å²) < 4.78 is 11.4. The molecular weight excluding hydrogens is 356 g/mol. The largest absolute Gasteiger partial charge is 0.462 e. The fraction of sp³-hybridized carbons (Fsp3) is 0.739. The molecular formula is C23H34O5. The van der Waals surface area contributed by atoms with E-state index < -0.39 is 6.10 Å². The lowest BCUT2D eigenvalue weighted by Crippen LogP contribution is -2.40. The molecule has 1 saturated heterocycles. The van der Waals surface area contributed by atoms with E-state index in [1.807, 2.05) is 13.8 Å². The fourth-order valence-electron chi connectivity index (χ4n) is 4.80. The van der Waals surface area contributed by atoms with Crippen molar-refractivity contribution in [1.29, 1.82) is 0 Å². The highest BCUT2D eigenvalue weighted by molar-refractivity contribution is 5.72. The Morgan fingerprint density at radius 1 is 1.39 bits per heavy atom. The monoisotopic (exact) mass is 390 g/mol. The minimum atomic E-state index is -0.593. The van der Waals surface area contributed by atoms with Gasteiger partial charge in [0.05, 0.1) is 18.4 Å². The highest BCUT2D eigenvalue weighted by Gasteiger charge is 2.40. The number of rotatable bonds is 6. The van der Waals surface area contributed by atoms with Gasteiger partial charge in [0.1, 0.15) is 12.2 Å². The van der Waals surface area contributed by atoms with Crippen molar-refractivity contribution >= 4 is 11.9 Å². The maximum atomic E-state index is 12.4. The molecule has 1 heterocycles. The maximum absolute atomic E-state index is 12.4. The average Bonchev–Trinajstić information content (AvgIpc) is 2.66. The van der Waals surface area contributed by atoms with Gasteiger partial charge in [-0.15, -0.1) is 0 Å². The van der Waals surface area contributed by atoms with Gasteiger partial charge in [-0.25, -0.2) is 0 Å². The van der Waals surface area contributed by atoms with Gasteiger partial charge >= 0.3 is 11.9 Å². The first-order chi connectivity index (χ1) is 13.4. The lowest BCUT2D eigenvalue weighted by molar-refractivity contribution is -0.162. The van der Waals surface area contributed by atoms with Crippen molar-refractivity contribution in [2.45, 2.75) is 84.0 Å². The number of fused-ring (bicyclic) bond motifs is 1. The molecule has 1 aliphatic heterocycles. The molecule has 0 aromatic heterocycles. The first-order valence-electron chi connectivity index (χ1n) is 10.8. The Morgan fingerprint density at radius 3 is 2.89 bits per heavy atom. The Hall–Kier alpha value is -1.62. The Morgan fingerprint density at radius 2 is 2.18 bits per heavy atom. The minimum absolute atomic E-state index is 0.0764. The Balaban J connectivity index is 1.70. The topological polar surface area (TPSA) is 72.8 Å². The number of cyclic esters (lactones) is 1. The fourth-order valence-corrected chi connectivity index (χ4v) is 4.80. The second-order valence-electron chi connectivity index (χ2n) is 8.76. The van der Waals surface area contributed by atoms with Crippen LogP contribution in [0.15, 0.2) is 23.8 Å². The number of esters is 2. The van der Waals surface area contributed by atoms with Crippen LogP contribution in [0.25, 0.3) is 0 Å². The van der Waals surface area contributed by atoms with Gasteiger partial charge in [0, 0.05) is 12.3 Å². The van der Waals surface area contributed by atoms with Gasteiger partial charge in [-0.3, -0.25) is 9.59 Å². The van der Waals surface area contributed by atoms with E-state index in [2.05, 4.69) is 25.2 Å². The van der Waals surface area contributed by atoms with Crippen molar-refractivity contribution < 1.29 is 24.2 Å². The molecule has 0 bridgehead atoms. The van der Waals surface area contributed by atoms with Crippen LogP contribution in [-0.4, -0.2) is 35.4 Å². The van der Waals surface area contributed by atoms with Crippen molar-refractivity contribution in [2.24, 2.45) is 23.7 Å². The van der Waals surface area contributed by atoms with E-state index in [0.29, 0.717) is 18.3 Å². The van der Waals surface area contributed by atoms with E-state index in [4.69, 9.17) is 9.47 Å². The van der Waals surface area contributed by atoms with E-state index in [9.17, 15) is 14.7 Å². The van der Waals surface area contributed by atoms with Crippen LogP contribution in [0.4, 0.5) is 0 Å². The molecule has 0 saturated carbocycles. The van der Waals surface area contributed by atoms with Crippen LogP contribution in [0.2, 0.25) is 0 Å². The minimum Gasteiger partial charge on any atom is -0.462 e. The van der Waals surface area contributed by atoms with Gasteiger partial charge in [0.2, 0.25) is 0 Å². The molecule has 0 aromatic carbocycles. The normalized spacial score (nSPS) is 36.1. The van der Waals surface area contributed by atoms with Gasteiger partial charge in [-0.2, -0.15) is 0 Å². The smallest absolute Gasteiger partial charge is 0.308 e. The summed E-state index contributed by atoms with van der Waals surface area (Å²) in [6.45, 7) is 6.14. The molecule has 0 aromatic rings. The van der Waals surface area contributed by atoms with Crippen molar-refractivity contribution in [1.82, 2.24) is 0 Å². The van der Waals surface area contributed by atoms with Crippen LogP contribution in [0.3, 0.4) is 0 Å². The molecule has 6 unspecified atom stereocenters. The first-order valence-corrected chi connectivity index (χ1v) is 10.8. The third-order valence-corrected chi connectivity index (χ3v) is 6.69. The maximum Gasteiger partial charge on any atom is 0.308 e. The third kappa shape index (κ3) is 4.86. The van der Waals surface area contributed by atoms with Gasteiger partial charge in [-0.1, -0.05) is 39.0 Å². The zero-order valence-electron chi connectivity index (χ0n) is 17.3. The summed E-state index contributed by atoms with van der Waals surface area (Å²) >= 11 is 0. The van der Waals surface area contributed by atoms with E-state index in [-0.39, 0.29) is 42.4 Å². The molecule has 5 nitrogen and oxygen atoms in total. The van der Waals surface area contributed by atoms with Gasteiger partial charge in [0.25, 0.3) is 0 Å². The molecule has 3 rings (SSSR count). The molecule has 2 aliphatic carbocycles. The second kappa shape index (κ2) is 9.25. The number of hydrogen-bond donors (Lipinski definition) is 1. The van der Waals surface area contributed by atoms with E-state index in [0.717, 1.165) is 32.1 Å². The molecule has 0 spiro atoms. The summed E-state index contributed by atoms with van der Waals surface area (Å²) in [5.41, 5.74) is 1.27. The number of hydrogen-bond acceptors (Lipinski definition) is 5. The summed E-state index contributed by atoms with van der Waals surface area (Å²) in [6.07, 6.45) is 10.6. The number of carbonyl (C=O) groups excluding carboxylic acids is 2. The van der Waals surface area contributed by atoms with E-state index in [1.54, 1.807) is 0 Å². The Labute approximate surface area is 168 Å². The standard InChI is InChI=1S/C23H34O5/c1-4-14(2)23(26)28-20-7-5-6-16-9-8-15(3)19(22(16)20)11-10-18-12-17(24)13-21(25)27-18/h6,8-9,14-15,17-20,22,24H,4-5,7,10-13H2,1-3H3/t14?,15?,17?,18?,19?,20?,22-/m0/s1. The van der Waals surface area contributed by atoms with Crippen LogP contribution in [0.1, 0.15) is 65.7 Å². The van der Waals surface area contributed by atoms with E-state index in [1.165, 1.54) is 5.57 Å². The van der Waals surface area contributed by atoms with Crippen molar-refractivity contribution in [2.75, 3.05) is 0 Å². The Kier molecular flexibility index (Phi) is 6.97. The van der Waals surface area contributed by atoms with Crippen molar-refractivity contribution in [3.8, 4) is 0 Å². The predicted molar refractivity (Wildman–Crippen MR) is 106 cm³/mol. The SMILES string of the molecule is CCC(C)C(=O)OC1CCC=C2C=CC(C)C(CCC3CC(O)CC(=O)O3)[C@H]21. The molecule has 0 amide bonds. The molecule has 5 heteroatoms. The van der Waals surface area contributed by atoms with Crippen molar-refractivity contribution in [3.63, 3.8) is 0 Å². The molecule has 1 fully saturated rings. The number of aliphatic hydroxyl groups excluding tert-OH is 1. The van der Waals surface area contributed by atoms with Crippen molar-refractivity contribution in [3.05, 3.63) is 23.8 Å². The van der Waals surface area contributed by atoms with Crippen LogP contribution < -0.4 is 0 Å². The number of carbonyl (C=O) groups is 2. The van der Waals surface area contributed by atoms with Gasteiger partial charge in [0.15, 0.2) is 0 Å². The lowest BCUT2D eigenvalue weighted by Gasteiger charge is -2.42. The highest BCUT2D eigenvalue weighted by atomic mass is 16.5. The lowest BCUT2D eigenvalue weighted by atomic mass is 9.66. The van der Waals surface area contributed by atoms with Crippen LogP contribution in [0.5, 0.6) is 0 Å². The zero-order chi connectivity index (χ0) is 20.3. The average molecular weight is 391 g/mol. The predicted octanol–water partition coefficient (Wildman–Crippen LogP) is 3.95. The molecule has 7 atom stereocenters. The third-order valence-electron chi connectivity index (χ3n) is 6.69. The summed E-state index contributed by atoms with van der Waals surface area (Å²) in [4.78, 5) is 24.1. The van der Waals surface area contributed by atoms with E-state index >= 15 is 0 Å². The second-order valence-corrected chi connectivity index (χ2v) is 8.76. The molecule has 0 radical (unpaired) electrons. The van der Waals surface area contributed by atoms with Crippen LogP contribution in [0, 0.1) is 23.7 Å². The van der Waals surface area contributed by atoms with Crippen LogP contribution in [-0.2, 0) is 19.1 Å². The molecule has 156 valence electrons. The van der Waals surface area contributed by atoms with Gasteiger partial charge in [-0.05, 0) is 49.5 Å². The summed E-state index contributed by atoms with van der Waals surface area (Å²) in [5, 5.41) is 9.86. The quantitative estimate of drug-likeness (QED) is 0.695. The number of allylic oxidation sites excluding steroid dienone is 3.